The molecule has 2 N–H and O–H groups in total. The first kappa shape index (κ1) is 12.1. The van der Waals surface area contributed by atoms with Crippen molar-refractivity contribution in [2.24, 2.45) is 0 Å². The number of aromatic carboxylic acids is 1. The third kappa shape index (κ3) is 2.48. The summed E-state index contributed by atoms with van der Waals surface area (Å²) in [6.45, 7) is 1.52. The van der Waals surface area contributed by atoms with Gasteiger partial charge in [0.15, 0.2) is 0 Å². The number of carboxylic acid groups (broad SMARTS) is 1. The van der Waals surface area contributed by atoms with Crippen molar-refractivity contribution in [2.45, 2.75) is 18.4 Å². The number of carbonyl (C=O) groups is 1. The maximum Gasteiger partial charge on any atom is 0.335 e. The van der Waals surface area contributed by atoms with E-state index in [4.69, 9.17) is 5.11 Å². The van der Waals surface area contributed by atoms with E-state index in [-0.39, 0.29) is 5.56 Å². The number of aliphatic hydroxyl groups is 1. The fourth-order valence-corrected chi connectivity index (χ4v) is 2.42. The van der Waals surface area contributed by atoms with Crippen LogP contribution in [-0.4, -0.2) is 41.2 Å². The molecule has 1 aliphatic heterocycles. The molecule has 1 aromatic rings. The lowest BCUT2D eigenvalue weighted by atomic mass is 9.85. The van der Waals surface area contributed by atoms with Crippen LogP contribution in [0.15, 0.2) is 24.3 Å². The molecule has 0 aromatic heterocycles. The number of piperidine rings is 1. The zero-order chi connectivity index (χ0) is 12.5. The molecule has 1 fully saturated rings. The smallest absolute Gasteiger partial charge is 0.335 e. The first-order chi connectivity index (χ1) is 8.01. The Morgan fingerprint density at radius 2 is 2.24 bits per heavy atom. The molecule has 4 heteroatoms. The second-order valence-electron chi connectivity index (χ2n) is 4.76. The SMILES string of the molecule is CN1CCCC(O)(c2cccc(C(=O)O)c2)C1. The summed E-state index contributed by atoms with van der Waals surface area (Å²) in [5, 5.41) is 19.5. The van der Waals surface area contributed by atoms with Gasteiger partial charge in [0.05, 0.1) is 5.56 Å². The Bertz CT molecular complexity index is 432. The van der Waals surface area contributed by atoms with Gasteiger partial charge in [0.1, 0.15) is 5.60 Å². The first-order valence-corrected chi connectivity index (χ1v) is 5.76. The van der Waals surface area contributed by atoms with Gasteiger partial charge in [-0.3, -0.25) is 0 Å². The molecule has 1 saturated heterocycles. The Kier molecular flexibility index (Phi) is 3.17. The van der Waals surface area contributed by atoms with E-state index in [1.807, 2.05) is 7.05 Å². The molecule has 0 aliphatic carbocycles. The minimum Gasteiger partial charge on any atom is -0.478 e. The number of nitrogens with zero attached hydrogens (tertiary/aromatic N) is 1. The molecule has 1 heterocycles. The van der Waals surface area contributed by atoms with Crippen molar-refractivity contribution in [3.8, 4) is 0 Å². The van der Waals surface area contributed by atoms with Gasteiger partial charge in [-0.15, -0.1) is 0 Å². The summed E-state index contributed by atoms with van der Waals surface area (Å²) in [5.74, 6) is -0.959. The van der Waals surface area contributed by atoms with E-state index in [9.17, 15) is 9.90 Å². The lowest BCUT2D eigenvalue weighted by molar-refractivity contribution is -0.0278. The first-order valence-electron chi connectivity index (χ1n) is 5.76. The summed E-state index contributed by atoms with van der Waals surface area (Å²) >= 11 is 0. The fourth-order valence-electron chi connectivity index (χ4n) is 2.42. The Morgan fingerprint density at radius 3 is 2.88 bits per heavy atom. The topological polar surface area (TPSA) is 60.8 Å². The van der Waals surface area contributed by atoms with Gasteiger partial charge in [-0.2, -0.15) is 0 Å². The average Bonchev–Trinajstić information content (AvgIpc) is 2.29. The van der Waals surface area contributed by atoms with Crippen LogP contribution in [0.4, 0.5) is 0 Å². The van der Waals surface area contributed by atoms with Crippen LogP contribution in [0.25, 0.3) is 0 Å². The largest absolute Gasteiger partial charge is 0.478 e. The van der Waals surface area contributed by atoms with Gasteiger partial charge in [-0.1, -0.05) is 12.1 Å². The number of hydrogen-bond acceptors (Lipinski definition) is 3. The molecule has 4 nitrogen and oxygen atoms in total. The minimum atomic E-state index is -0.959. The Labute approximate surface area is 100 Å². The number of hydrogen-bond donors (Lipinski definition) is 2. The normalized spacial score (nSPS) is 25.8. The molecule has 1 aliphatic rings. The van der Waals surface area contributed by atoms with Crippen molar-refractivity contribution >= 4 is 5.97 Å². The highest BCUT2D eigenvalue weighted by Gasteiger charge is 2.33. The van der Waals surface area contributed by atoms with Crippen LogP contribution in [0.5, 0.6) is 0 Å². The van der Waals surface area contributed by atoms with E-state index in [2.05, 4.69) is 4.90 Å². The van der Waals surface area contributed by atoms with Crippen LogP contribution in [-0.2, 0) is 5.60 Å². The fraction of sp³-hybridized carbons (Fsp3) is 0.462. The predicted octanol–water partition coefficient (Wildman–Crippen LogP) is 1.30. The molecule has 1 atom stereocenters. The number of rotatable bonds is 2. The highest BCUT2D eigenvalue weighted by Crippen LogP contribution is 2.31. The molecular weight excluding hydrogens is 218 g/mol. The van der Waals surface area contributed by atoms with Gasteiger partial charge in [-0.25, -0.2) is 4.79 Å². The van der Waals surface area contributed by atoms with Crippen molar-refractivity contribution in [1.82, 2.24) is 4.90 Å². The van der Waals surface area contributed by atoms with Crippen LogP contribution in [0, 0.1) is 0 Å². The van der Waals surface area contributed by atoms with Crippen LogP contribution in [0.2, 0.25) is 0 Å². The Balaban J connectivity index is 2.32. The van der Waals surface area contributed by atoms with Gasteiger partial charge in [0.25, 0.3) is 0 Å². The molecule has 1 aromatic carbocycles. The number of benzene rings is 1. The molecule has 0 bridgehead atoms. The summed E-state index contributed by atoms with van der Waals surface area (Å²) in [6.07, 6.45) is 1.60. The van der Waals surface area contributed by atoms with Gasteiger partial charge in [0, 0.05) is 6.54 Å². The summed E-state index contributed by atoms with van der Waals surface area (Å²) in [4.78, 5) is 13.0. The van der Waals surface area contributed by atoms with E-state index in [1.54, 1.807) is 24.3 Å². The Morgan fingerprint density at radius 1 is 1.47 bits per heavy atom. The summed E-state index contributed by atoms with van der Waals surface area (Å²) in [6, 6.07) is 6.60. The molecular formula is C13H17NO3. The van der Waals surface area contributed by atoms with Crippen LogP contribution in [0.3, 0.4) is 0 Å². The number of carboxylic acids is 1. The van der Waals surface area contributed by atoms with Crippen molar-refractivity contribution in [1.29, 1.82) is 0 Å². The third-order valence-electron chi connectivity index (χ3n) is 3.31. The van der Waals surface area contributed by atoms with Crippen molar-refractivity contribution in [2.75, 3.05) is 20.1 Å². The highest BCUT2D eigenvalue weighted by atomic mass is 16.4. The molecule has 0 spiro atoms. The average molecular weight is 235 g/mol. The maximum absolute atomic E-state index is 10.9. The van der Waals surface area contributed by atoms with E-state index < -0.39 is 11.6 Å². The predicted molar refractivity (Wildman–Crippen MR) is 64.0 cm³/mol. The monoisotopic (exact) mass is 235 g/mol. The number of likely N-dealkylation sites (N-methyl/N-ethyl adjacent to an activating group) is 1. The zero-order valence-electron chi connectivity index (χ0n) is 9.89. The molecule has 0 amide bonds. The van der Waals surface area contributed by atoms with E-state index in [1.165, 1.54) is 0 Å². The molecule has 0 saturated carbocycles. The summed E-state index contributed by atoms with van der Waals surface area (Å²) in [5.41, 5.74) is 0.00597. The summed E-state index contributed by atoms with van der Waals surface area (Å²) < 4.78 is 0. The zero-order valence-corrected chi connectivity index (χ0v) is 9.89. The van der Waals surface area contributed by atoms with Gasteiger partial charge in [0.2, 0.25) is 0 Å². The molecule has 2 rings (SSSR count). The van der Waals surface area contributed by atoms with Crippen molar-refractivity contribution in [3.05, 3.63) is 35.4 Å². The van der Waals surface area contributed by atoms with Gasteiger partial charge < -0.3 is 15.1 Å². The van der Waals surface area contributed by atoms with Crippen molar-refractivity contribution in [3.63, 3.8) is 0 Å². The Hall–Kier alpha value is -1.39. The van der Waals surface area contributed by atoms with Crippen LogP contribution >= 0.6 is 0 Å². The standard InChI is InChI=1S/C13H17NO3/c1-14-7-3-6-13(17,9-14)11-5-2-4-10(8-11)12(15)16/h2,4-5,8,17H,3,6-7,9H2,1H3,(H,15,16). The van der Waals surface area contributed by atoms with E-state index >= 15 is 0 Å². The van der Waals surface area contributed by atoms with E-state index in [0.717, 1.165) is 13.0 Å². The van der Waals surface area contributed by atoms with Crippen LogP contribution in [0.1, 0.15) is 28.8 Å². The molecule has 0 radical (unpaired) electrons. The molecule has 17 heavy (non-hydrogen) atoms. The summed E-state index contributed by atoms with van der Waals surface area (Å²) in [7, 11) is 1.96. The van der Waals surface area contributed by atoms with E-state index in [0.29, 0.717) is 18.5 Å². The van der Waals surface area contributed by atoms with Gasteiger partial charge >= 0.3 is 5.97 Å². The van der Waals surface area contributed by atoms with Crippen LogP contribution < -0.4 is 0 Å². The second kappa shape index (κ2) is 4.47. The second-order valence-corrected chi connectivity index (χ2v) is 4.76. The molecule has 92 valence electrons. The third-order valence-corrected chi connectivity index (χ3v) is 3.31. The lowest BCUT2D eigenvalue weighted by Crippen LogP contribution is -2.44. The lowest BCUT2D eigenvalue weighted by Gasteiger charge is -2.37. The maximum atomic E-state index is 10.9. The number of β-amino-alcohol motifs (C(OH)–C–C–N with tert-alkyl or cyclic N) is 1. The minimum absolute atomic E-state index is 0.226. The quantitative estimate of drug-likeness (QED) is 0.811. The molecule has 1 unspecified atom stereocenters. The van der Waals surface area contributed by atoms with Crippen molar-refractivity contribution < 1.29 is 15.0 Å². The van der Waals surface area contributed by atoms with Gasteiger partial charge in [-0.05, 0) is 44.1 Å². The number of likely N-dealkylation sites (tertiary alicyclic amines) is 1. The highest BCUT2D eigenvalue weighted by molar-refractivity contribution is 5.87.